The Morgan fingerprint density at radius 1 is 0.415 bits per heavy atom. The van der Waals surface area contributed by atoms with E-state index in [1.807, 2.05) is 0 Å². The first kappa shape index (κ1) is 30.3. The minimum absolute atomic E-state index is 0.0205. The number of fused-ring (bicyclic) bond motifs is 14. The number of para-hydroxylation sites is 3. The smallest absolute Gasteiger partial charge is 0.329 e. The van der Waals surface area contributed by atoms with Crippen LogP contribution in [0.5, 0.6) is 0 Å². The van der Waals surface area contributed by atoms with Crippen LogP contribution >= 0.6 is 0 Å². The molecule has 1 N–H and O–H groups in total. The molecule has 0 aromatic heterocycles. The van der Waals surface area contributed by atoms with Crippen LogP contribution in [0.4, 0.5) is 17.1 Å². The summed E-state index contributed by atoms with van der Waals surface area (Å²) in [4.78, 5) is 2.61. The van der Waals surface area contributed by atoms with Crippen molar-refractivity contribution in [2.24, 2.45) is 0 Å². The predicted octanol–water partition coefficient (Wildman–Crippen LogP) is 6.31. The topological polar surface area (TPSA) is 15.3 Å². The summed E-state index contributed by atoms with van der Waals surface area (Å²) in [5.41, 5.74) is 15.4. The molecule has 8 aromatic carbocycles. The Morgan fingerprint density at radius 2 is 0.943 bits per heavy atom. The minimum Gasteiger partial charge on any atom is -0.427 e. The fourth-order valence-electron chi connectivity index (χ4n) is 9.65. The van der Waals surface area contributed by atoms with Gasteiger partial charge in [-0.2, -0.15) is 0 Å². The van der Waals surface area contributed by atoms with E-state index in [-0.39, 0.29) is 6.85 Å². The van der Waals surface area contributed by atoms with Gasteiger partial charge < -0.3 is 10.0 Å². The molecule has 53 heavy (non-hydrogen) atoms. The fraction of sp³-hybridized carbons (Fsp3) is 0. The van der Waals surface area contributed by atoms with E-state index in [1.165, 1.54) is 81.9 Å². The van der Waals surface area contributed by atoms with E-state index < -0.39 is 8.07 Å². The van der Waals surface area contributed by atoms with E-state index in [9.17, 15) is 0 Å². The van der Waals surface area contributed by atoms with Crippen LogP contribution in [-0.4, -0.2) is 22.3 Å². The lowest BCUT2D eigenvalue weighted by Gasteiger charge is -2.46. The van der Waals surface area contributed by atoms with Crippen LogP contribution in [0.15, 0.2) is 194 Å². The molecule has 245 valence electrons. The maximum Gasteiger partial charge on any atom is 0.329 e. The standard InChI is InChI=1S/C48H33B2N2Si/c1-3-17-33(18-4-1)53(34-19-5-2-6-20-34,45-31-15-25-39-47(45)37-23-8-12-28-42(37)51-49-39)46-32-16-27-41-48(46)38-24-10-14-30-44(38)52-43-29-13-9-22-36(43)35-21-7-11-26-40(35)50(41)52/h1-32,51H. The Kier molecular flexibility index (Phi) is 6.80. The van der Waals surface area contributed by atoms with E-state index in [2.05, 4.69) is 212 Å². The predicted molar refractivity (Wildman–Crippen MR) is 229 cm³/mol. The Hall–Kier alpha value is -6.29. The van der Waals surface area contributed by atoms with Crippen LogP contribution in [-0.2, 0) is 0 Å². The van der Waals surface area contributed by atoms with Crippen molar-refractivity contribution in [3.63, 3.8) is 0 Å². The number of rotatable bonds is 4. The molecule has 0 aliphatic carbocycles. The highest BCUT2D eigenvalue weighted by Crippen LogP contribution is 2.45. The van der Waals surface area contributed by atoms with Gasteiger partial charge in [-0.3, -0.25) is 0 Å². The molecular formula is C48H33B2N2Si. The second kappa shape index (κ2) is 11.9. The van der Waals surface area contributed by atoms with Crippen LogP contribution in [0.1, 0.15) is 0 Å². The average Bonchev–Trinajstić information content (AvgIpc) is 3.24. The summed E-state index contributed by atoms with van der Waals surface area (Å²) in [5, 5.41) is 9.18. The molecule has 0 saturated carbocycles. The number of nitrogens with one attached hydrogen (secondary N) is 1. The van der Waals surface area contributed by atoms with Crippen molar-refractivity contribution >= 4 is 76.5 Å². The van der Waals surface area contributed by atoms with Gasteiger partial charge in [-0.05, 0) is 66.6 Å². The van der Waals surface area contributed by atoms with Gasteiger partial charge in [0.1, 0.15) is 0 Å². The van der Waals surface area contributed by atoms with Crippen molar-refractivity contribution < 1.29 is 0 Å². The molecule has 3 heterocycles. The normalized spacial score (nSPS) is 13.1. The first-order valence-corrected chi connectivity index (χ1v) is 20.5. The van der Waals surface area contributed by atoms with Crippen LogP contribution < -0.4 is 47.2 Å². The van der Waals surface area contributed by atoms with Gasteiger partial charge in [0.05, 0.1) is 0 Å². The van der Waals surface area contributed by atoms with Crippen molar-refractivity contribution in [2.45, 2.75) is 0 Å². The van der Waals surface area contributed by atoms with Crippen molar-refractivity contribution in [1.82, 2.24) is 0 Å². The quantitative estimate of drug-likeness (QED) is 0.173. The number of hydrogen-bond acceptors (Lipinski definition) is 2. The Bertz CT molecular complexity index is 2670. The van der Waals surface area contributed by atoms with E-state index in [1.54, 1.807) is 0 Å². The number of anilines is 3. The third-order valence-corrected chi connectivity index (χ3v) is 16.5. The molecule has 0 amide bonds. The van der Waals surface area contributed by atoms with Gasteiger partial charge in [0.25, 0.3) is 7.41 Å². The summed E-state index contributed by atoms with van der Waals surface area (Å²) in [5.74, 6) is 0. The molecule has 2 nitrogen and oxygen atoms in total. The number of hydrogen-bond donors (Lipinski definition) is 1. The molecule has 0 spiro atoms. The summed E-state index contributed by atoms with van der Waals surface area (Å²) >= 11 is 0. The molecular weight excluding hydrogens is 654 g/mol. The molecule has 0 saturated heterocycles. The fourth-order valence-corrected chi connectivity index (χ4v) is 14.9. The third kappa shape index (κ3) is 4.29. The second-order valence-electron chi connectivity index (χ2n) is 14.2. The van der Waals surface area contributed by atoms with Crippen molar-refractivity contribution in [1.29, 1.82) is 0 Å². The lowest BCUT2D eigenvalue weighted by molar-refractivity contribution is 1.35. The summed E-state index contributed by atoms with van der Waals surface area (Å²) < 4.78 is 0. The van der Waals surface area contributed by atoms with E-state index >= 15 is 0 Å². The van der Waals surface area contributed by atoms with Crippen LogP contribution in [0, 0.1) is 0 Å². The first-order chi connectivity index (χ1) is 26.3. The monoisotopic (exact) mass is 687 g/mol. The zero-order valence-corrected chi connectivity index (χ0v) is 30.1. The molecule has 0 unspecified atom stereocenters. The Labute approximate surface area is 312 Å². The summed E-state index contributed by atoms with van der Waals surface area (Å²) in [6, 6.07) is 72.9. The third-order valence-electron chi connectivity index (χ3n) is 11.7. The lowest BCUT2D eigenvalue weighted by Crippen LogP contribution is -2.77. The molecule has 3 aliphatic rings. The second-order valence-corrected chi connectivity index (χ2v) is 18.0. The van der Waals surface area contributed by atoms with Crippen molar-refractivity contribution in [3.8, 4) is 33.4 Å². The lowest BCUT2D eigenvalue weighted by atomic mass is 9.43. The maximum absolute atomic E-state index is 3.61. The highest BCUT2D eigenvalue weighted by Gasteiger charge is 2.49. The van der Waals surface area contributed by atoms with Gasteiger partial charge in [-0.25, -0.2) is 0 Å². The van der Waals surface area contributed by atoms with Crippen LogP contribution in [0.3, 0.4) is 0 Å². The van der Waals surface area contributed by atoms with Gasteiger partial charge in [-0.1, -0.05) is 181 Å². The minimum atomic E-state index is -3.08. The van der Waals surface area contributed by atoms with Gasteiger partial charge in [-0.15, -0.1) is 0 Å². The van der Waals surface area contributed by atoms with Gasteiger partial charge in [0.2, 0.25) is 0 Å². The van der Waals surface area contributed by atoms with Gasteiger partial charge >= 0.3 is 6.85 Å². The number of nitrogens with zero attached hydrogens (tertiary/aromatic N) is 1. The molecule has 0 fully saturated rings. The van der Waals surface area contributed by atoms with Gasteiger partial charge in [0.15, 0.2) is 8.07 Å². The zero-order valence-electron chi connectivity index (χ0n) is 29.1. The van der Waals surface area contributed by atoms with E-state index in [0.29, 0.717) is 0 Å². The van der Waals surface area contributed by atoms with Crippen LogP contribution in [0.25, 0.3) is 33.4 Å². The maximum atomic E-state index is 3.61. The zero-order chi connectivity index (χ0) is 34.9. The molecule has 11 rings (SSSR count). The molecule has 5 heteroatoms. The molecule has 0 bridgehead atoms. The van der Waals surface area contributed by atoms with E-state index in [0.717, 1.165) is 5.69 Å². The van der Waals surface area contributed by atoms with Crippen molar-refractivity contribution in [2.75, 3.05) is 10.0 Å². The Balaban J connectivity index is 1.31. The Morgan fingerprint density at radius 3 is 1.68 bits per heavy atom. The molecule has 1 radical (unpaired) electrons. The van der Waals surface area contributed by atoms with Gasteiger partial charge in [0, 0.05) is 33.8 Å². The first-order valence-electron chi connectivity index (χ1n) is 18.5. The highest BCUT2D eigenvalue weighted by molar-refractivity contribution is 7.21. The number of benzene rings is 8. The largest absolute Gasteiger partial charge is 0.427 e. The highest BCUT2D eigenvalue weighted by atomic mass is 28.3. The summed E-state index contributed by atoms with van der Waals surface area (Å²) in [6.07, 6.45) is 0. The SMILES string of the molecule is [B]1Nc2ccccc2-c2c1cccc2[Si](c1ccccc1)(c1ccccc1)c1cccc2c1-c1ccccc1N1B2c2ccccc2-c2ccccc21. The van der Waals surface area contributed by atoms with Crippen LogP contribution in [0.2, 0.25) is 0 Å². The molecule has 3 aliphatic heterocycles. The molecule has 0 atom stereocenters. The average molecular weight is 688 g/mol. The van der Waals surface area contributed by atoms with E-state index in [4.69, 9.17) is 0 Å². The summed E-state index contributed by atoms with van der Waals surface area (Å²) in [7, 11) is -0.887. The molecule has 8 aromatic rings. The van der Waals surface area contributed by atoms with Crippen molar-refractivity contribution in [3.05, 3.63) is 194 Å². The summed E-state index contributed by atoms with van der Waals surface area (Å²) in [6.45, 7) is 0.0205.